The first-order valence-corrected chi connectivity index (χ1v) is 7.94. The Kier molecular flexibility index (Phi) is 8.06. The lowest BCUT2D eigenvalue weighted by Crippen LogP contribution is -2.44. The Morgan fingerprint density at radius 3 is 2.85 bits per heavy atom. The molecule has 3 N–H and O–H groups in total. The number of amides is 2. The van der Waals surface area contributed by atoms with Crippen LogP contribution in [-0.4, -0.2) is 42.3 Å². The van der Waals surface area contributed by atoms with Gasteiger partial charge in [-0.1, -0.05) is 18.2 Å². The number of hydrogen-bond donors (Lipinski definition) is 3. The van der Waals surface area contributed by atoms with Gasteiger partial charge >= 0.3 is 6.03 Å². The third-order valence-corrected chi connectivity index (χ3v) is 3.55. The molecule has 0 radical (unpaired) electrons. The van der Waals surface area contributed by atoms with Crippen molar-refractivity contribution >= 4 is 17.8 Å². The summed E-state index contributed by atoms with van der Waals surface area (Å²) >= 11 is 1.61. The monoisotopic (exact) mass is 300 g/mol. The van der Waals surface area contributed by atoms with Crippen molar-refractivity contribution in [1.82, 2.24) is 10.6 Å². The number of nitrogens with one attached hydrogen (secondary N) is 2. The molecular formula is C14H21FN2O2S. The summed E-state index contributed by atoms with van der Waals surface area (Å²) in [7, 11) is 0. The van der Waals surface area contributed by atoms with Crippen LogP contribution in [0.4, 0.5) is 9.18 Å². The lowest BCUT2D eigenvalue weighted by molar-refractivity contribution is 0.231. The number of thioether (sulfide) groups is 1. The minimum absolute atomic E-state index is 0.0424. The van der Waals surface area contributed by atoms with Crippen LogP contribution in [0.15, 0.2) is 24.3 Å². The zero-order valence-electron chi connectivity index (χ0n) is 11.6. The van der Waals surface area contributed by atoms with Gasteiger partial charge in [0.15, 0.2) is 0 Å². The maximum absolute atomic E-state index is 13.4. The first-order chi connectivity index (χ1) is 9.67. The standard InChI is InChI=1S/C14H21FN2O2S/c1-20-10-12(7-9-18)17-14(19)16-8-6-11-4-2-3-5-13(11)15/h2-5,12,18H,6-10H2,1H3,(H2,16,17,19). The van der Waals surface area contributed by atoms with E-state index in [9.17, 15) is 9.18 Å². The molecular weight excluding hydrogens is 279 g/mol. The second-order valence-electron chi connectivity index (χ2n) is 4.41. The van der Waals surface area contributed by atoms with Crippen LogP contribution in [0.1, 0.15) is 12.0 Å². The van der Waals surface area contributed by atoms with E-state index in [2.05, 4.69) is 10.6 Å². The summed E-state index contributed by atoms with van der Waals surface area (Å²) in [6.45, 7) is 0.415. The summed E-state index contributed by atoms with van der Waals surface area (Å²) < 4.78 is 13.4. The molecule has 112 valence electrons. The largest absolute Gasteiger partial charge is 0.396 e. The van der Waals surface area contributed by atoms with Crippen LogP contribution in [0, 0.1) is 5.82 Å². The molecule has 1 aromatic rings. The number of urea groups is 1. The van der Waals surface area contributed by atoms with Crippen LogP contribution in [0.2, 0.25) is 0 Å². The summed E-state index contributed by atoms with van der Waals surface area (Å²) in [5.74, 6) is 0.497. The molecule has 20 heavy (non-hydrogen) atoms. The van der Waals surface area contributed by atoms with E-state index in [0.29, 0.717) is 24.9 Å². The summed E-state index contributed by atoms with van der Waals surface area (Å²) in [5, 5.41) is 14.4. The average molecular weight is 300 g/mol. The summed E-state index contributed by atoms with van der Waals surface area (Å²) in [6, 6.07) is 6.19. The van der Waals surface area contributed by atoms with Crippen molar-refractivity contribution in [1.29, 1.82) is 0 Å². The molecule has 2 amide bonds. The Morgan fingerprint density at radius 1 is 1.45 bits per heavy atom. The van der Waals surface area contributed by atoms with Crippen molar-refractivity contribution in [2.45, 2.75) is 18.9 Å². The molecule has 0 saturated heterocycles. The topological polar surface area (TPSA) is 61.4 Å². The Morgan fingerprint density at radius 2 is 2.20 bits per heavy atom. The summed E-state index contributed by atoms with van der Waals surface area (Å²) in [5.41, 5.74) is 0.587. The molecule has 1 rings (SSSR count). The normalized spacial score (nSPS) is 11.9. The predicted molar refractivity (Wildman–Crippen MR) is 80.5 cm³/mol. The van der Waals surface area contributed by atoms with E-state index in [1.54, 1.807) is 30.0 Å². The number of rotatable bonds is 8. The Bertz CT molecular complexity index is 412. The zero-order valence-corrected chi connectivity index (χ0v) is 12.4. The molecule has 0 aromatic heterocycles. The van der Waals surface area contributed by atoms with Gasteiger partial charge in [-0.15, -0.1) is 0 Å². The average Bonchev–Trinajstić information content (AvgIpc) is 2.41. The van der Waals surface area contributed by atoms with E-state index >= 15 is 0 Å². The smallest absolute Gasteiger partial charge is 0.315 e. The Labute approximate surface area is 123 Å². The third kappa shape index (κ3) is 6.25. The van der Waals surface area contributed by atoms with Crippen LogP contribution in [0.5, 0.6) is 0 Å². The number of aliphatic hydroxyl groups excluding tert-OH is 1. The van der Waals surface area contributed by atoms with Crippen LogP contribution in [-0.2, 0) is 6.42 Å². The van der Waals surface area contributed by atoms with Gasteiger partial charge in [0.25, 0.3) is 0 Å². The van der Waals surface area contributed by atoms with Gasteiger partial charge in [-0.3, -0.25) is 0 Å². The SMILES string of the molecule is CSCC(CCO)NC(=O)NCCc1ccccc1F. The van der Waals surface area contributed by atoms with Crippen LogP contribution >= 0.6 is 11.8 Å². The molecule has 1 unspecified atom stereocenters. The van der Waals surface area contributed by atoms with E-state index in [1.165, 1.54) is 6.07 Å². The molecule has 0 spiro atoms. The predicted octanol–water partition coefficient (Wildman–Crippen LogP) is 1.78. The van der Waals surface area contributed by atoms with Gasteiger partial charge in [0.05, 0.1) is 0 Å². The fourth-order valence-electron chi connectivity index (χ4n) is 1.80. The molecule has 0 heterocycles. The van der Waals surface area contributed by atoms with Gasteiger partial charge in [-0.25, -0.2) is 9.18 Å². The zero-order chi connectivity index (χ0) is 14.8. The second kappa shape index (κ2) is 9.61. The first-order valence-electron chi connectivity index (χ1n) is 6.55. The molecule has 1 atom stereocenters. The van der Waals surface area contributed by atoms with Gasteiger partial charge in [0.1, 0.15) is 5.82 Å². The van der Waals surface area contributed by atoms with Crippen molar-refractivity contribution in [3.05, 3.63) is 35.6 Å². The van der Waals surface area contributed by atoms with Gasteiger partial charge < -0.3 is 15.7 Å². The molecule has 0 fully saturated rings. The number of aliphatic hydroxyl groups is 1. The number of benzene rings is 1. The molecule has 0 aliphatic heterocycles. The molecule has 6 heteroatoms. The van der Waals surface area contributed by atoms with E-state index in [0.717, 1.165) is 5.75 Å². The molecule has 4 nitrogen and oxygen atoms in total. The highest BCUT2D eigenvalue weighted by Crippen LogP contribution is 2.06. The fraction of sp³-hybridized carbons (Fsp3) is 0.500. The summed E-state index contributed by atoms with van der Waals surface area (Å²) in [6.07, 6.45) is 2.93. The number of halogens is 1. The van der Waals surface area contributed by atoms with Crippen molar-refractivity contribution in [3.63, 3.8) is 0 Å². The first kappa shape index (κ1) is 16.8. The van der Waals surface area contributed by atoms with E-state index < -0.39 is 0 Å². The van der Waals surface area contributed by atoms with E-state index in [-0.39, 0.29) is 24.5 Å². The minimum atomic E-state index is -0.283. The Balaban J connectivity index is 2.30. The van der Waals surface area contributed by atoms with Crippen molar-refractivity contribution in [2.75, 3.05) is 25.2 Å². The highest BCUT2D eigenvalue weighted by molar-refractivity contribution is 7.98. The number of carbonyl (C=O) groups is 1. The third-order valence-electron chi connectivity index (χ3n) is 2.82. The number of carbonyl (C=O) groups excluding carboxylic acids is 1. The lowest BCUT2D eigenvalue weighted by atomic mass is 10.1. The van der Waals surface area contributed by atoms with Crippen LogP contribution in [0.25, 0.3) is 0 Å². The van der Waals surface area contributed by atoms with Gasteiger partial charge in [0.2, 0.25) is 0 Å². The van der Waals surface area contributed by atoms with Gasteiger partial charge in [-0.2, -0.15) is 11.8 Å². The fourth-order valence-corrected chi connectivity index (χ4v) is 2.45. The minimum Gasteiger partial charge on any atom is -0.396 e. The maximum atomic E-state index is 13.4. The van der Waals surface area contributed by atoms with Crippen LogP contribution in [0.3, 0.4) is 0 Å². The highest BCUT2D eigenvalue weighted by Gasteiger charge is 2.10. The maximum Gasteiger partial charge on any atom is 0.315 e. The van der Waals surface area contributed by atoms with Gasteiger partial charge in [0, 0.05) is 24.9 Å². The quantitative estimate of drug-likeness (QED) is 0.686. The Hall–Kier alpha value is -1.27. The van der Waals surface area contributed by atoms with Crippen molar-refractivity contribution < 1.29 is 14.3 Å². The second-order valence-corrected chi connectivity index (χ2v) is 5.32. The van der Waals surface area contributed by atoms with E-state index in [4.69, 9.17) is 5.11 Å². The number of hydrogen-bond acceptors (Lipinski definition) is 3. The van der Waals surface area contributed by atoms with Crippen molar-refractivity contribution in [3.8, 4) is 0 Å². The lowest BCUT2D eigenvalue weighted by Gasteiger charge is -2.17. The molecule has 0 aliphatic rings. The summed E-state index contributed by atoms with van der Waals surface area (Å²) in [4.78, 5) is 11.7. The molecule has 0 bridgehead atoms. The van der Waals surface area contributed by atoms with Gasteiger partial charge in [-0.05, 0) is 30.7 Å². The van der Waals surface area contributed by atoms with Crippen LogP contribution < -0.4 is 10.6 Å². The molecule has 0 saturated carbocycles. The molecule has 0 aliphatic carbocycles. The van der Waals surface area contributed by atoms with Crippen molar-refractivity contribution in [2.24, 2.45) is 0 Å². The van der Waals surface area contributed by atoms with E-state index in [1.807, 2.05) is 6.26 Å². The molecule has 1 aromatic carbocycles. The highest BCUT2D eigenvalue weighted by atomic mass is 32.2.